The topological polar surface area (TPSA) is 22.1 Å². The number of thiazole rings is 1. The molecule has 96 valence electrons. The minimum absolute atomic E-state index is 0. The van der Waals surface area contributed by atoms with Gasteiger partial charge < -0.3 is 17.7 Å². The molecule has 0 aliphatic carbocycles. The number of benzene rings is 1. The Morgan fingerprint density at radius 2 is 1.84 bits per heavy atom. The van der Waals surface area contributed by atoms with Crippen molar-refractivity contribution in [3.63, 3.8) is 0 Å². The molecular weight excluding hydrogens is 301 g/mol. The van der Waals surface area contributed by atoms with Gasteiger partial charge in [0.2, 0.25) is 0 Å². The summed E-state index contributed by atoms with van der Waals surface area (Å²) < 4.78 is 40.7. The van der Waals surface area contributed by atoms with Gasteiger partial charge in [0.15, 0.2) is 0 Å². The van der Waals surface area contributed by atoms with Gasteiger partial charge in [-0.15, -0.1) is 11.3 Å². The largest absolute Gasteiger partial charge is 1.00 e. The van der Waals surface area contributed by atoms with Crippen LogP contribution in [0.5, 0.6) is 5.75 Å². The van der Waals surface area contributed by atoms with E-state index in [1.165, 1.54) is 23.5 Å². The van der Waals surface area contributed by atoms with E-state index < -0.39 is 13.5 Å². The van der Waals surface area contributed by atoms with Crippen LogP contribution >= 0.6 is 11.3 Å². The Bertz CT molecular complexity index is 529. The van der Waals surface area contributed by atoms with Gasteiger partial charge in [-0.1, -0.05) is 0 Å². The van der Waals surface area contributed by atoms with Crippen molar-refractivity contribution in [3.8, 4) is 16.3 Å². The molecule has 2 aromatic rings. The molecule has 0 radical (unpaired) electrons. The molecule has 1 aromatic heterocycles. The molecule has 0 aliphatic rings. The van der Waals surface area contributed by atoms with E-state index in [0.29, 0.717) is 0 Å². The fraction of sp³-hybridized carbons (Fsp3) is 0.182. The maximum absolute atomic E-state index is 12.0. The van der Waals surface area contributed by atoms with Crippen molar-refractivity contribution in [2.75, 3.05) is 6.51 Å². The third kappa shape index (κ3) is 5.57. The number of halogens is 3. The zero-order chi connectivity index (χ0) is 13.2. The first-order chi connectivity index (χ1) is 8.44. The molecule has 0 unspecified atom stereocenters. The molecule has 0 fully saturated rings. The van der Waals surface area contributed by atoms with Gasteiger partial charge in [-0.2, -0.15) is 0 Å². The summed E-state index contributed by atoms with van der Waals surface area (Å²) in [5.74, 6) is 0.214. The Morgan fingerprint density at radius 1 is 1.21 bits per heavy atom. The first kappa shape index (κ1) is 17.2. The Hall–Kier alpha value is 0.141. The summed E-state index contributed by atoms with van der Waals surface area (Å²) >= 11 is 1.50. The summed E-state index contributed by atoms with van der Waals surface area (Å²) in [4.78, 5) is 4.30. The molecule has 2 nitrogen and oxygen atoms in total. The Morgan fingerprint density at radius 3 is 2.32 bits per heavy atom. The van der Waals surface area contributed by atoms with Crippen LogP contribution in [0.2, 0.25) is 0 Å². The van der Waals surface area contributed by atoms with Crippen LogP contribution in [0.25, 0.3) is 10.6 Å². The van der Waals surface area contributed by atoms with Gasteiger partial charge in [-0.25, -0.2) is 4.98 Å². The molecule has 0 saturated heterocycles. The predicted molar refractivity (Wildman–Crippen MR) is 66.9 cm³/mol. The van der Waals surface area contributed by atoms with Crippen LogP contribution in [0.15, 0.2) is 29.6 Å². The Kier molecular flexibility index (Phi) is 6.55. The van der Waals surface area contributed by atoms with Gasteiger partial charge in [0.05, 0.1) is 6.51 Å². The van der Waals surface area contributed by atoms with Gasteiger partial charge in [0, 0.05) is 16.6 Å². The normalized spacial score (nSPS) is 10.9. The monoisotopic (exact) mass is 311 g/mol. The summed E-state index contributed by atoms with van der Waals surface area (Å²) in [6.07, 6.45) is 0. The molecule has 0 atom stereocenters. The van der Waals surface area contributed by atoms with Crippen LogP contribution in [0.3, 0.4) is 0 Å². The smallest absolute Gasteiger partial charge is 0.522 e. The fourth-order valence-electron chi connectivity index (χ4n) is 1.37. The molecular formula is C11H10BF3KNOS. The van der Waals surface area contributed by atoms with E-state index in [9.17, 15) is 12.9 Å². The quantitative estimate of drug-likeness (QED) is 0.783. The van der Waals surface area contributed by atoms with E-state index in [1.54, 1.807) is 12.1 Å². The first-order valence-electron chi connectivity index (χ1n) is 5.30. The predicted octanol–water partition coefficient (Wildman–Crippen LogP) is 0.888. The van der Waals surface area contributed by atoms with Gasteiger partial charge in [-0.05, 0) is 31.2 Å². The molecule has 8 heteroatoms. The van der Waals surface area contributed by atoms with E-state index in [-0.39, 0.29) is 57.1 Å². The van der Waals surface area contributed by atoms with Crippen LogP contribution in [0, 0.1) is 6.92 Å². The zero-order valence-corrected chi connectivity index (χ0v) is 14.5. The molecule has 0 amide bonds. The van der Waals surface area contributed by atoms with Crippen LogP contribution < -0.4 is 56.1 Å². The van der Waals surface area contributed by atoms with Crippen molar-refractivity contribution in [3.05, 3.63) is 35.3 Å². The second-order valence-electron chi connectivity index (χ2n) is 3.84. The number of aryl methyl sites for hydroxylation is 1. The van der Waals surface area contributed by atoms with Crippen molar-refractivity contribution in [2.24, 2.45) is 0 Å². The van der Waals surface area contributed by atoms with Crippen molar-refractivity contribution in [1.29, 1.82) is 0 Å². The second-order valence-corrected chi connectivity index (χ2v) is 4.70. The van der Waals surface area contributed by atoms with Crippen molar-refractivity contribution in [2.45, 2.75) is 6.92 Å². The number of ether oxygens (including phenoxy) is 1. The number of hydrogen-bond acceptors (Lipinski definition) is 3. The number of aromatic nitrogens is 1. The number of rotatable bonds is 4. The van der Waals surface area contributed by atoms with E-state index in [2.05, 4.69) is 9.72 Å². The molecule has 0 bridgehead atoms. The van der Waals surface area contributed by atoms with Crippen molar-refractivity contribution >= 4 is 18.3 Å². The molecule has 2 rings (SSSR count). The van der Waals surface area contributed by atoms with Crippen LogP contribution in [0.1, 0.15) is 5.69 Å². The van der Waals surface area contributed by atoms with E-state index in [4.69, 9.17) is 0 Å². The third-order valence-corrected chi connectivity index (χ3v) is 3.17. The van der Waals surface area contributed by atoms with Crippen LogP contribution in [-0.4, -0.2) is 18.5 Å². The second kappa shape index (κ2) is 7.24. The van der Waals surface area contributed by atoms with Gasteiger partial charge in [-0.3, -0.25) is 0 Å². The molecule has 0 aliphatic heterocycles. The van der Waals surface area contributed by atoms with Crippen LogP contribution in [0.4, 0.5) is 12.9 Å². The maximum atomic E-state index is 12.0. The number of hydrogen-bond donors (Lipinski definition) is 0. The molecule has 0 N–H and O–H groups in total. The fourth-order valence-corrected chi connectivity index (χ4v) is 2.17. The molecule has 0 spiro atoms. The first-order valence-corrected chi connectivity index (χ1v) is 6.18. The minimum Gasteiger partial charge on any atom is -0.522 e. The van der Waals surface area contributed by atoms with Gasteiger partial charge in [0.25, 0.3) is 0 Å². The summed E-state index contributed by atoms with van der Waals surface area (Å²) in [5.41, 5.74) is 1.80. The summed E-state index contributed by atoms with van der Waals surface area (Å²) in [5, 5.41) is 2.77. The SMILES string of the molecule is Cc1csc(-c2ccc(OC[B-](F)(F)F)cc2)n1.[K+]. The van der Waals surface area contributed by atoms with E-state index in [0.717, 1.165) is 16.3 Å². The Balaban J connectivity index is 0.00000180. The van der Waals surface area contributed by atoms with E-state index >= 15 is 0 Å². The van der Waals surface area contributed by atoms with Gasteiger partial charge in [0.1, 0.15) is 10.8 Å². The number of nitrogens with zero attached hydrogens (tertiary/aromatic N) is 1. The third-order valence-electron chi connectivity index (χ3n) is 2.16. The zero-order valence-electron chi connectivity index (χ0n) is 10.6. The van der Waals surface area contributed by atoms with E-state index in [1.807, 2.05) is 12.3 Å². The summed E-state index contributed by atoms with van der Waals surface area (Å²) in [6, 6.07) is 6.45. The average Bonchev–Trinajstić information content (AvgIpc) is 2.73. The maximum Gasteiger partial charge on any atom is 1.00 e. The molecule has 0 saturated carbocycles. The van der Waals surface area contributed by atoms with Crippen molar-refractivity contribution < 1.29 is 69.1 Å². The summed E-state index contributed by atoms with van der Waals surface area (Å²) in [6.45, 7) is -4.23. The molecule has 1 heterocycles. The average molecular weight is 311 g/mol. The minimum atomic E-state index is -4.91. The molecule has 1 aromatic carbocycles. The summed E-state index contributed by atoms with van der Waals surface area (Å²) in [7, 11) is 0. The standard InChI is InChI=1S/C11H10BF3NOS.K/c1-8-6-18-11(16-8)9-2-4-10(5-3-9)17-7-12(13,14)15;/h2-6H,7H2,1H3;/q-1;+1. The van der Waals surface area contributed by atoms with Crippen LogP contribution in [-0.2, 0) is 0 Å². The Labute approximate surface area is 155 Å². The van der Waals surface area contributed by atoms with Gasteiger partial charge >= 0.3 is 58.4 Å². The molecule has 19 heavy (non-hydrogen) atoms. The van der Waals surface area contributed by atoms with Crippen molar-refractivity contribution in [1.82, 2.24) is 4.98 Å².